The van der Waals surface area contributed by atoms with E-state index in [0.29, 0.717) is 16.3 Å². The van der Waals surface area contributed by atoms with Crippen molar-refractivity contribution in [2.75, 3.05) is 5.73 Å². The maximum atomic E-state index is 11.6. The fraction of sp³-hybridized carbons (Fsp3) is 0.182. The van der Waals surface area contributed by atoms with Crippen LogP contribution in [0.5, 0.6) is 0 Å². The van der Waals surface area contributed by atoms with Gasteiger partial charge in [0, 0.05) is 5.56 Å². The van der Waals surface area contributed by atoms with Gasteiger partial charge in [0.15, 0.2) is 0 Å². The minimum absolute atomic E-state index is 0.260. The Kier molecular flexibility index (Phi) is 3.59. The van der Waals surface area contributed by atoms with Crippen molar-refractivity contribution < 1.29 is 4.79 Å². The van der Waals surface area contributed by atoms with Gasteiger partial charge in [0.25, 0.3) is 5.91 Å². The maximum absolute atomic E-state index is 11.6. The molecule has 1 aromatic carbocycles. The van der Waals surface area contributed by atoms with Crippen LogP contribution in [0.4, 0.5) is 5.69 Å². The van der Waals surface area contributed by atoms with Crippen LogP contribution in [0.2, 0.25) is 5.02 Å². The summed E-state index contributed by atoms with van der Waals surface area (Å²) in [6.07, 6.45) is 5.14. The summed E-state index contributed by atoms with van der Waals surface area (Å²) in [7, 11) is 0. The first kappa shape index (κ1) is 11.4. The Morgan fingerprint density at radius 3 is 2.87 bits per heavy atom. The Morgan fingerprint density at radius 1 is 1.67 bits per heavy atom. The average molecular weight is 223 g/mol. The summed E-state index contributed by atoms with van der Waals surface area (Å²) in [5, 5.41) is 3.05. The highest BCUT2D eigenvalue weighted by Gasteiger charge is 2.08. The number of nitrogens with two attached hydrogens (primary N) is 1. The highest BCUT2D eigenvalue weighted by molar-refractivity contribution is 6.33. The predicted molar refractivity (Wildman–Crippen MR) is 61.6 cm³/mol. The standard InChI is InChI=1S/C11H11ClN2O/c1-3-7(2)14-11(15)8-4-5-9(12)10(13)6-8/h1,4-7H,13H2,2H3,(H,14,15). The van der Waals surface area contributed by atoms with Crippen molar-refractivity contribution in [2.24, 2.45) is 0 Å². The minimum atomic E-state index is -0.311. The number of nitrogen functional groups attached to an aromatic ring is 1. The number of hydrogen-bond acceptors (Lipinski definition) is 2. The molecule has 0 heterocycles. The molecule has 1 unspecified atom stereocenters. The van der Waals surface area contributed by atoms with Gasteiger partial charge in [-0.2, -0.15) is 0 Å². The van der Waals surface area contributed by atoms with Crippen molar-refractivity contribution in [1.29, 1.82) is 0 Å². The van der Waals surface area contributed by atoms with Crippen LogP contribution in [-0.2, 0) is 0 Å². The monoisotopic (exact) mass is 222 g/mol. The molecule has 4 heteroatoms. The van der Waals surface area contributed by atoms with E-state index in [4.69, 9.17) is 23.8 Å². The van der Waals surface area contributed by atoms with Crippen LogP contribution in [0.1, 0.15) is 17.3 Å². The fourth-order valence-electron chi connectivity index (χ4n) is 1.01. The Hall–Kier alpha value is -1.66. The molecule has 1 aromatic rings. The van der Waals surface area contributed by atoms with Crippen LogP contribution in [0.3, 0.4) is 0 Å². The van der Waals surface area contributed by atoms with E-state index in [0.717, 1.165) is 0 Å². The molecule has 0 spiro atoms. The number of hydrogen-bond donors (Lipinski definition) is 2. The quantitative estimate of drug-likeness (QED) is 0.591. The lowest BCUT2D eigenvalue weighted by Gasteiger charge is -2.08. The number of nitrogens with one attached hydrogen (secondary N) is 1. The van der Waals surface area contributed by atoms with E-state index in [1.54, 1.807) is 19.1 Å². The summed E-state index contributed by atoms with van der Waals surface area (Å²) < 4.78 is 0. The third-order valence-electron chi connectivity index (χ3n) is 1.86. The van der Waals surface area contributed by atoms with Gasteiger partial charge in [-0.1, -0.05) is 17.5 Å². The molecular weight excluding hydrogens is 212 g/mol. The topological polar surface area (TPSA) is 55.1 Å². The highest BCUT2D eigenvalue weighted by Crippen LogP contribution is 2.19. The second kappa shape index (κ2) is 4.72. The number of anilines is 1. The molecule has 3 nitrogen and oxygen atoms in total. The summed E-state index contributed by atoms with van der Waals surface area (Å²) in [4.78, 5) is 11.6. The van der Waals surface area contributed by atoms with Gasteiger partial charge < -0.3 is 11.1 Å². The van der Waals surface area contributed by atoms with Crippen molar-refractivity contribution in [3.63, 3.8) is 0 Å². The Morgan fingerprint density at radius 2 is 2.33 bits per heavy atom. The van der Waals surface area contributed by atoms with Crippen LogP contribution >= 0.6 is 11.6 Å². The molecule has 0 aromatic heterocycles. The molecule has 15 heavy (non-hydrogen) atoms. The van der Waals surface area contributed by atoms with Gasteiger partial charge >= 0.3 is 0 Å². The fourth-order valence-corrected chi connectivity index (χ4v) is 1.12. The number of benzene rings is 1. The first-order chi connectivity index (χ1) is 7.04. The molecule has 1 amide bonds. The molecule has 3 N–H and O–H groups in total. The predicted octanol–water partition coefficient (Wildman–Crippen LogP) is 1.67. The Balaban J connectivity index is 2.84. The van der Waals surface area contributed by atoms with Crippen LogP contribution in [0, 0.1) is 12.3 Å². The molecule has 0 fully saturated rings. The summed E-state index contributed by atoms with van der Waals surface area (Å²) in [5.41, 5.74) is 6.39. The number of rotatable bonds is 2. The zero-order chi connectivity index (χ0) is 11.4. The molecule has 0 aliphatic heterocycles. The van der Waals surface area contributed by atoms with Crippen molar-refractivity contribution in [1.82, 2.24) is 5.32 Å². The largest absolute Gasteiger partial charge is 0.398 e. The van der Waals surface area contributed by atoms with Crippen LogP contribution in [0.15, 0.2) is 18.2 Å². The number of carbonyl (C=O) groups is 1. The van der Waals surface area contributed by atoms with Crippen molar-refractivity contribution in [2.45, 2.75) is 13.0 Å². The van der Waals surface area contributed by atoms with Crippen molar-refractivity contribution >= 4 is 23.2 Å². The Labute approximate surface area is 93.6 Å². The van der Waals surface area contributed by atoms with Gasteiger partial charge in [0.05, 0.1) is 16.8 Å². The summed E-state index contributed by atoms with van der Waals surface area (Å²) >= 11 is 5.73. The van der Waals surface area contributed by atoms with Gasteiger partial charge in [-0.3, -0.25) is 4.79 Å². The third kappa shape index (κ3) is 2.90. The molecule has 1 atom stereocenters. The maximum Gasteiger partial charge on any atom is 0.252 e. The molecule has 0 bridgehead atoms. The van der Waals surface area contributed by atoms with E-state index in [2.05, 4.69) is 11.2 Å². The van der Waals surface area contributed by atoms with Crippen LogP contribution in [-0.4, -0.2) is 11.9 Å². The SMILES string of the molecule is C#CC(C)NC(=O)c1ccc(Cl)c(N)c1. The van der Waals surface area contributed by atoms with Crippen molar-refractivity contribution in [3.05, 3.63) is 28.8 Å². The smallest absolute Gasteiger partial charge is 0.252 e. The Bertz CT molecular complexity index is 423. The van der Waals surface area contributed by atoms with E-state index in [-0.39, 0.29) is 11.9 Å². The van der Waals surface area contributed by atoms with E-state index in [1.807, 2.05) is 0 Å². The summed E-state index contributed by atoms with van der Waals surface area (Å²) in [6, 6.07) is 4.37. The molecule has 1 rings (SSSR count). The highest BCUT2D eigenvalue weighted by atomic mass is 35.5. The molecule has 0 radical (unpaired) electrons. The first-order valence-electron chi connectivity index (χ1n) is 4.36. The van der Waals surface area contributed by atoms with E-state index in [1.165, 1.54) is 6.07 Å². The lowest BCUT2D eigenvalue weighted by molar-refractivity contribution is 0.0948. The normalized spacial score (nSPS) is 11.5. The third-order valence-corrected chi connectivity index (χ3v) is 2.20. The van der Waals surface area contributed by atoms with Crippen LogP contribution in [0.25, 0.3) is 0 Å². The number of amides is 1. The van der Waals surface area contributed by atoms with Gasteiger partial charge in [-0.25, -0.2) is 0 Å². The zero-order valence-electron chi connectivity index (χ0n) is 8.25. The van der Waals surface area contributed by atoms with E-state index < -0.39 is 0 Å². The number of carbonyl (C=O) groups excluding carboxylic acids is 1. The minimum Gasteiger partial charge on any atom is -0.398 e. The lowest BCUT2D eigenvalue weighted by Crippen LogP contribution is -2.31. The zero-order valence-corrected chi connectivity index (χ0v) is 9.01. The molecule has 0 aliphatic rings. The van der Waals surface area contributed by atoms with Gasteiger partial charge in [-0.05, 0) is 25.1 Å². The van der Waals surface area contributed by atoms with E-state index >= 15 is 0 Å². The second-order valence-electron chi connectivity index (χ2n) is 3.10. The molecule has 78 valence electrons. The molecule has 0 saturated heterocycles. The average Bonchev–Trinajstić information content (AvgIpc) is 2.21. The molecule has 0 aliphatic carbocycles. The molecular formula is C11H11ClN2O. The molecule has 0 saturated carbocycles. The number of terminal acetylenes is 1. The van der Waals surface area contributed by atoms with Gasteiger partial charge in [-0.15, -0.1) is 6.42 Å². The van der Waals surface area contributed by atoms with Crippen LogP contribution < -0.4 is 11.1 Å². The first-order valence-corrected chi connectivity index (χ1v) is 4.74. The van der Waals surface area contributed by atoms with Gasteiger partial charge in [0.2, 0.25) is 0 Å². The lowest BCUT2D eigenvalue weighted by atomic mass is 10.2. The number of halogens is 1. The van der Waals surface area contributed by atoms with Crippen molar-refractivity contribution in [3.8, 4) is 12.3 Å². The second-order valence-corrected chi connectivity index (χ2v) is 3.51. The summed E-state index contributed by atoms with van der Waals surface area (Å²) in [6.45, 7) is 1.72. The summed E-state index contributed by atoms with van der Waals surface area (Å²) in [5.74, 6) is 2.14. The van der Waals surface area contributed by atoms with E-state index in [9.17, 15) is 4.79 Å². The van der Waals surface area contributed by atoms with Gasteiger partial charge in [0.1, 0.15) is 0 Å².